The smallest absolute Gasteiger partial charge is 0.264 e. The SMILES string of the molecule is CCC(C)N1CCCc2cc(-c3ccc(Cl)s3)c(C(F)F)cc21. The maximum atomic E-state index is 13.7. The van der Waals surface area contributed by atoms with Crippen molar-refractivity contribution in [1.29, 1.82) is 0 Å². The second kappa shape index (κ2) is 6.78. The summed E-state index contributed by atoms with van der Waals surface area (Å²) < 4.78 is 27.9. The van der Waals surface area contributed by atoms with Crippen molar-refractivity contribution < 1.29 is 8.78 Å². The number of anilines is 1. The summed E-state index contributed by atoms with van der Waals surface area (Å²) in [5.74, 6) is 0. The van der Waals surface area contributed by atoms with Gasteiger partial charge in [-0.1, -0.05) is 18.5 Å². The van der Waals surface area contributed by atoms with Crippen LogP contribution in [0.5, 0.6) is 0 Å². The van der Waals surface area contributed by atoms with Gasteiger partial charge in [-0.25, -0.2) is 8.78 Å². The van der Waals surface area contributed by atoms with Crippen LogP contribution in [0.15, 0.2) is 24.3 Å². The molecule has 5 heteroatoms. The normalized spacial score (nSPS) is 15.8. The van der Waals surface area contributed by atoms with E-state index in [0.29, 0.717) is 15.9 Å². The molecule has 3 rings (SSSR count). The Hall–Kier alpha value is -1.13. The van der Waals surface area contributed by atoms with Crippen molar-refractivity contribution in [1.82, 2.24) is 0 Å². The first-order valence-corrected chi connectivity index (χ1v) is 9.18. The van der Waals surface area contributed by atoms with E-state index in [0.717, 1.165) is 36.4 Å². The first kappa shape index (κ1) is 16.7. The van der Waals surface area contributed by atoms with Gasteiger partial charge in [0.15, 0.2) is 0 Å². The molecular weight excluding hydrogens is 336 g/mol. The number of benzene rings is 1. The summed E-state index contributed by atoms with van der Waals surface area (Å²) in [7, 11) is 0. The maximum Gasteiger partial charge on any atom is 0.264 e. The third-order valence-corrected chi connectivity index (χ3v) is 5.87. The lowest BCUT2D eigenvalue weighted by Crippen LogP contribution is -2.37. The van der Waals surface area contributed by atoms with Gasteiger partial charge in [-0.05, 0) is 56.0 Å². The van der Waals surface area contributed by atoms with Gasteiger partial charge in [0.2, 0.25) is 0 Å². The van der Waals surface area contributed by atoms with Crippen LogP contribution in [0.1, 0.15) is 44.2 Å². The maximum absolute atomic E-state index is 13.7. The molecule has 1 aliphatic rings. The molecule has 0 aliphatic carbocycles. The van der Waals surface area contributed by atoms with Crippen LogP contribution in [0.25, 0.3) is 10.4 Å². The second-order valence-electron chi connectivity index (χ2n) is 6.03. The topological polar surface area (TPSA) is 3.24 Å². The Kier molecular flexibility index (Phi) is 4.93. The van der Waals surface area contributed by atoms with Crippen molar-refractivity contribution in [3.63, 3.8) is 0 Å². The fourth-order valence-electron chi connectivity index (χ4n) is 3.21. The summed E-state index contributed by atoms with van der Waals surface area (Å²) in [4.78, 5) is 3.09. The summed E-state index contributed by atoms with van der Waals surface area (Å²) >= 11 is 7.35. The molecule has 2 aromatic rings. The van der Waals surface area contributed by atoms with Crippen LogP contribution >= 0.6 is 22.9 Å². The lowest BCUT2D eigenvalue weighted by Gasteiger charge is -2.36. The number of hydrogen-bond donors (Lipinski definition) is 0. The molecule has 1 nitrogen and oxygen atoms in total. The van der Waals surface area contributed by atoms with Crippen LogP contribution in [0.4, 0.5) is 14.5 Å². The summed E-state index contributed by atoms with van der Waals surface area (Å²) in [6.07, 6.45) is 0.525. The van der Waals surface area contributed by atoms with Crippen LogP contribution in [0.2, 0.25) is 4.34 Å². The number of thiophene rings is 1. The van der Waals surface area contributed by atoms with Gasteiger partial charge in [0.1, 0.15) is 0 Å². The molecule has 0 spiro atoms. The van der Waals surface area contributed by atoms with Gasteiger partial charge in [-0.3, -0.25) is 0 Å². The Morgan fingerprint density at radius 1 is 1.30 bits per heavy atom. The zero-order valence-electron chi connectivity index (χ0n) is 13.3. The van der Waals surface area contributed by atoms with E-state index in [1.807, 2.05) is 12.1 Å². The van der Waals surface area contributed by atoms with E-state index in [-0.39, 0.29) is 5.56 Å². The van der Waals surface area contributed by atoms with Gasteiger partial charge < -0.3 is 4.90 Å². The van der Waals surface area contributed by atoms with E-state index in [4.69, 9.17) is 11.6 Å². The molecule has 0 radical (unpaired) electrons. The van der Waals surface area contributed by atoms with E-state index in [1.54, 1.807) is 12.1 Å². The van der Waals surface area contributed by atoms with Crippen molar-refractivity contribution in [3.05, 3.63) is 39.7 Å². The molecule has 124 valence electrons. The van der Waals surface area contributed by atoms with Crippen LogP contribution < -0.4 is 4.90 Å². The molecule has 1 aromatic carbocycles. The highest BCUT2D eigenvalue weighted by Crippen LogP contribution is 2.42. The highest BCUT2D eigenvalue weighted by atomic mass is 35.5. The Morgan fingerprint density at radius 3 is 2.70 bits per heavy atom. The molecule has 0 saturated carbocycles. The van der Waals surface area contributed by atoms with Gasteiger partial charge in [-0.2, -0.15) is 0 Å². The molecular formula is C18H20ClF2NS. The fourth-order valence-corrected chi connectivity index (χ4v) is 4.29. The van der Waals surface area contributed by atoms with Gasteiger partial charge in [0, 0.05) is 34.3 Å². The number of hydrogen-bond acceptors (Lipinski definition) is 2. The zero-order valence-corrected chi connectivity index (χ0v) is 14.9. The summed E-state index contributed by atoms with van der Waals surface area (Å²) in [5, 5.41) is 0. The van der Waals surface area contributed by atoms with Crippen molar-refractivity contribution in [2.75, 3.05) is 11.4 Å². The molecule has 1 unspecified atom stereocenters. The Labute approximate surface area is 144 Å². The molecule has 0 fully saturated rings. The minimum atomic E-state index is -2.49. The lowest BCUT2D eigenvalue weighted by molar-refractivity contribution is 0.152. The molecule has 2 heterocycles. The molecule has 1 aromatic heterocycles. The van der Waals surface area contributed by atoms with E-state index in [1.165, 1.54) is 16.9 Å². The second-order valence-corrected chi connectivity index (χ2v) is 7.74. The lowest BCUT2D eigenvalue weighted by atomic mass is 9.93. The number of aryl methyl sites for hydroxylation is 1. The number of nitrogens with zero attached hydrogens (tertiary/aromatic N) is 1. The highest BCUT2D eigenvalue weighted by molar-refractivity contribution is 7.19. The van der Waals surface area contributed by atoms with Gasteiger partial charge in [0.05, 0.1) is 4.34 Å². The van der Waals surface area contributed by atoms with Crippen molar-refractivity contribution in [2.24, 2.45) is 0 Å². The number of rotatable bonds is 4. The third kappa shape index (κ3) is 3.24. The van der Waals surface area contributed by atoms with E-state index >= 15 is 0 Å². The average molecular weight is 356 g/mol. The van der Waals surface area contributed by atoms with E-state index in [2.05, 4.69) is 18.7 Å². The molecule has 1 aliphatic heterocycles. The minimum Gasteiger partial charge on any atom is -0.369 e. The summed E-state index contributed by atoms with van der Waals surface area (Å²) in [6.45, 7) is 5.23. The number of halogens is 3. The minimum absolute atomic E-state index is 0.109. The molecule has 0 saturated heterocycles. The zero-order chi connectivity index (χ0) is 16.6. The molecule has 1 atom stereocenters. The fraction of sp³-hybridized carbons (Fsp3) is 0.444. The van der Waals surface area contributed by atoms with Gasteiger partial charge in [-0.15, -0.1) is 11.3 Å². The standard InChI is InChI=1S/C18H20ClF2NS/c1-3-11(2)22-8-4-5-12-9-13(16-6-7-17(19)23-16)14(18(20)21)10-15(12)22/h6-7,9-11,18H,3-5,8H2,1-2H3. The Morgan fingerprint density at radius 2 is 2.09 bits per heavy atom. The average Bonchev–Trinajstić information content (AvgIpc) is 2.98. The molecule has 23 heavy (non-hydrogen) atoms. The van der Waals surface area contributed by atoms with Crippen molar-refractivity contribution in [3.8, 4) is 10.4 Å². The first-order chi connectivity index (χ1) is 11.0. The number of alkyl halides is 2. The van der Waals surface area contributed by atoms with Crippen molar-refractivity contribution in [2.45, 2.75) is 45.6 Å². The Bertz CT molecular complexity index is 698. The van der Waals surface area contributed by atoms with Crippen LogP contribution in [0.3, 0.4) is 0 Å². The monoisotopic (exact) mass is 355 g/mol. The van der Waals surface area contributed by atoms with Crippen LogP contribution in [-0.4, -0.2) is 12.6 Å². The summed E-state index contributed by atoms with van der Waals surface area (Å²) in [5.41, 5.74) is 2.88. The molecule has 0 bridgehead atoms. The highest BCUT2D eigenvalue weighted by Gasteiger charge is 2.25. The molecule has 0 amide bonds. The predicted octanol–water partition coefficient (Wildman–Crippen LogP) is 6.56. The van der Waals surface area contributed by atoms with Crippen LogP contribution in [-0.2, 0) is 6.42 Å². The molecule has 0 N–H and O–H groups in total. The van der Waals surface area contributed by atoms with Crippen LogP contribution in [0, 0.1) is 0 Å². The number of fused-ring (bicyclic) bond motifs is 1. The quantitative estimate of drug-likeness (QED) is 0.600. The van der Waals surface area contributed by atoms with Gasteiger partial charge in [0.25, 0.3) is 6.43 Å². The van der Waals surface area contributed by atoms with Crippen molar-refractivity contribution >= 4 is 28.6 Å². The Balaban J connectivity index is 2.13. The first-order valence-electron chi connectivity index (χ1n) is 7.98. The van der Waals surface area contributed by atoms with Gasteiger partial charge >= 0.3 is 0 Å². The largest absolute Gasteiger partial charge is 0.369 e. The third-order valence-electron chi connectivity index (χ3n) is 4.60. The van der Waals surface area contributed by atoms with E-state index in [9.17, 15) is 8.78 Å². The predicted molar refractivity (Wildman–Crippen MR) is 95.1 cm³/mol. The van der Waals surface area contributed by atoms with E-state index < -0.39 is 6.43 Å². The summed E-state index contributed by atoms with van der Waals surface area (Å²) in [6, 6.07) is 7.61.